The van der Waals surface area contributed by atoms with Crippen LogP contribution in [0.1, 0.15) is 53.5 Å². The van der Waals surface area contributed by atoms with Crippen molar-refractivity contribution in [3.8, 4) is 0 Å². The Bertz CT molecular complexity index is 954. The van der Waals surface area contributed by atoms with Gasteiger partial charge in [-0.3, -0.25) is 9.59 Å². The first-order valence-electron chi connectivity index (χ1n) is 9.89. The van der Waals surface area contributed by atoms with Crippen molar-refractivity contribution < 1.29 is 19.1 Å². The lowest BCUT2D eigenvalue weighted by molar-refractivity contribution is 0.0270. The largest absolute Gasteiger partial charge is 0.444 e. The van der Waals surface area contributed by atoms with Crippen LogP contribution < -0.4 is 5.32 Å². The number of nitrogens with zero attached hydrogens (tertiary/aromatic N) is 1. The molecule has 3 rings (SSSR count). The SMILES string of the molecule is CC(C)(C)OC(=O)N1CC=C(c2ccc(NC(=O)c3ccc(C=O)cc3)cc2)CC1. The quantitative estimate of drug-likeness (QED) is 0.742. The van der Waals surface area contributed by atoms with Gasteiger partial charge in [0, 0.05) is 29.9 Å². The Morgan fingerprint density at radius 3 is 2.23 bits per heavy atom. The number of rotatable bonds is 4. The van der Waals surface area contributed by atoms with Gasteiger partial charge in [0.15, 0.2) is 0 Å². The monoisotopic (exact) mass is 406 g/mol. The average Bonchev–Trinajstić information content (AvgIpc) is 2.73. The van der Waals surface area contributed by atoms with Crippen molar-refractivity contribution in [3.63, 3.8) is 0 Å². The van der Waals surface area contributed by atoms with E-state index in [1.54, 1.807) is 29.2 Å². The fourth-order valence-electron chi connectivity index (χ4n) is 3.11. The summed E-state index contributed by atoms with van der Waals surface area (Å²) in [6, 6.07) is 14.1. The predicted molar refractivity (Wildman–Crippen MR) is 117 cm³/mol. The zero-order valence-corrected chi connectivity index (χ0v) is 17.5. The van der Waals surface area contributed by atoms with E-state index in [9.17, 15) is 14.4 Å². The van der Waals surface area contributed by atoms with Crippen LogP contribution in [-0.4, -0.2) is 41.9 Å². The van der Waals surface area contributed by atoms with E-state index in [-0.39, 0.29) is 12.0 Å². The molecule has 1 aliphatic rings. The Morgan fingerprint density at radius 1 is 1.03 bits per heavy atom. The molecular weight excluding hydrogens is 380 g/mol. The first kappa shape index (κ1) is 21.3. The van der Waals surface area contributed by atoms with Crippen molar-refractivity contribution in [1.82, 2.24) is 4.90 Å². The predicted octanol–water partition coefficient (Wildman–Crippen LogP) is 4.78. The van der Waals surface area contributed by atoms with Crippen molar-refractivity contribution >= 4 is 29.5 Å². The zero-order chi connectivity index (χ0) is 21.7. The van der Waals surface area contributed by atoms with Crippen LogP contribution in [0.5, 0.6) is 0 Å². The molecule has 0 radical (unpaired) electrons. The summed E-state index contributed by atoms with van der Waals surface area (Å²) in [5.74, 6) is -0.231. The van der Waals surface area contributed by atoms with E-state index in [0.717, 1.165) is 23.8 Å². The van der Waals surface area contributed by atoms with Gasteiger partial charge in [0.05, 0.1) is 0 Å². The average molecular weight is 406 g/mol. The Balaban J connectivity index is 1.59. The highest BCUT2D eigenvalue weighted by Crippen LogP contribution is 2.25. The molecular formula is C24H26N2O4. The summed E-state index contributed by atoms with van der Waals surface area (Å²) < 4.78 is 5.42. The van der Waals surface area contributed by atoms with Crippen molar-refractivity contribution in [3.05, 3.63) is 71.3 Å². The van der Waals surface area contributed by atoms with Gasteiger partial charge in [-0.1, -0.05) is 30.3 Å². The van der Waals surface area contributed by atoms with Gasteiger partial charge in [-0.25, -0.2) is 4.79 Å². The number of benzene rings is 2. The summed E-state index contributed by atoms with van der Waals surface area (Å²) in [5.41, 5.74) is 3.43. The second-order valence-electron chi connectivity index (χ2n) is 8.18. The van der Waals surface area contributed by atoms with E-state index in [1.807, 2.05) is 51.1 Å². The summed E-state index contributed by atoms with van der Waals surface area (Å²) in [5, 5.41) is 2.85. The molecule has 0 fully saturated rings. The molecule has 2 aromatic rings. The molecule has 0 unspecified atom stereocenters. The van der Waals surface area contributed by atoms with Crippen LogP contribution in [0.15, 0.2) is 54.6 Å². The molecule has 6 nitrogen and oxygen atoms in total. The third kappa shape index (κ3) is 5.56. The summed E-state index contributed by atoms with van der Waals surface area (Å²) in [7, 11) is 0. The van der Waals surface area contributed by atoms with Crippen LogP contribution in [0.4, 0.5) is 10.5 Å². The summed E-state index contributed by atoms with van der Waals surface area (Å²) in [6.07, 6.45) is 3.23. The maximum atomic E-state index is 12.3. The molecule has 0 bridgehead atoms. The van der Waals surface area contributed by atoms with E-state index in [0.29, 0.717) is 29.9 Å². The molecule has 0 atom stereocenters. The molecule has 156 valence electrons. The molecule has 1 heterocycles. The van der Waals surface area contributed by atoms with Crippen LogP contribution >= 0.6 is 0 Å². The second kappa shape index (κ2) is 8.95. The van der Waals surface area contributed by atoms with E-state index in [4.69, 9.17) is 4.74 Å². The van der Waals surface area contributed by atoms with Crippen LogP contribution in [0.3, 0.4) is 0 Å². The van der Waals surface area contributed by atoms with Crippen molar-refractivity contribution in [2.45, 2.75) is 32.8 Å². The first-order chi connectivity index (χ1) is 14.2. The van der Waals surface area contributed by atoms with Crippen LogP contribution in [0, 0.1) is 0 Å². The fourth-order valence-corrected chi connectivity index (χ4v) is 3.11. The van der Waals surface area contributed by atoms with Gasteiger partial charge in [0.2, 0.25) is 0 Å². The second-order valence-corrected chi connectivity index (χ2v) is 8.18. The topological polar surface area (TPSA) is 75.7 Å². The van der Waals surface area contributed by atoms with E-state index in [2.05, 4.69) is 5.32 Å². The third-order valence-corrected chi connectivity index (χ3v) is 4.68. The molecule has 0 saturated heterocycles. The minimum Gasteiger partial charge on any atom is -0.444 e. The van der Waals surface area contributed by atoms with Gasteiger partial charge in [0.25, 0.3) is 5.91 Å². The normalized spacial score (nSPS) is 14.0. The molecule has 1 N–H and O–H groups in total. The maximum absolute atomic E-state index is 12.3. The van der Waals surface area contributed by atoms with Crippen molar-refractivity contribution in [2.24, 2.45) is 0 Å². The third-order valence-electron chi connectivity index (χ3n) is 4.68. The molecule has 2 amide bonds. The lowest BCUT2D eigenvalue weighted by Crippen LogP contribution is -2.39. The van der Waals surface area contributed by atoms with Gasteiger partial charge in [-0.05, 0) is 62.6 Å². The number of amides is 2. The number of nitrogens with one attached hydrogen (secondary N) is 1. The van der Waals surface area contributed by atoms with Gasteiger partial charge in [0.1, 0.15) is 11.9 Å². The fraction of sp³-hybridized carbons (Fsp3) is 0.292. The Hall–Kier alpha value is -3.41. The molecule has 0 spiro atoms. The standard InChI is InChI=1S/C24H26N2O4/c1-24(2,3)30-23(29)26-14-12-19(13-15-26)18-8-10-21(11-9-18)25-22(28)20-6-4-17(16-27)5-7-20/h4-12,16H,13-15H2,1-3H3,(H,25,28). The first-order valence-corrected chi connectivity index (χ1v) is 9.89. The van der Waals surface area contributed by atoms with Gasteiger partial charge in [-0.15, -0.1) is 0 Å². The van der Waals surface area contributed by atoms with Crippen LogP contribution in [-0.2, 0) is 4.74 Å². The molecule has 30 heavy (non-hydrogen) atoms. The lowest BCUT2D eigenvalue weighted by atomic mass is 9.99. The molecule has 1 aliphatic heterocycles. The number of ether oxygens (including phenoxy) is 1. The van der Waals surface area contributed by atoms with E-state index < -0.39 is 5.60 Å². The molecule has 0 aromatic heterocycles. The maximum Gasteiger partial charge on any atom is 0.410 e. The number of hydrogen-bond donors (Lipinski definition) is 1. The number of carbonyl (C=O) groups is 3. The zero-order valence-electron chi connectivity index (χ0n) is 17.5. The lowest BCUT2D eigenvalue weighted by Gasteiger charge is -2.29. The van der Waals surface area contributed by atoms with Crippen molar-refractivity contribution in [2.75, 3.05) is 18.4 Å². The smallest absolute Gasteiger partial charge is 0.410 e. The molecule has 0 aliphatic carbocycles. The van der Waals surface area contributed by atoms with Crippen molar-refractivity contribution in [1.29, 1.82) is 0 Å². The Morgan fingerprint density at radius 2 is 1.70 bits per heavy atom. The summed E-state index contributed by atoms with van der Waals surface area (Å²) >= 11 is 0. The highest BCUT2D eigenvalue weighted by molar-refractivity contribution is 6.04. The van der Waals surface area contributed by atoms with Gasteiger partial charge >= 0.3 is 6.09 Å². The van der Waals surface area contributed by atoms with E-state index in [1.165, 1.54) is 0 Å². The Kier molecular flexibility index (Phi) is 6.35. The Labute approximate surface area is 176 Å². The van der Waals surface area contributed by atoms with Crippen LogP contribution in [0.25, 0.3) is 5.57 Å². The van der Waals surface area contributed by atoms with Crippen LogP contribution in [0.2, 0.25) is 0 Å². The van der Waals surface area contributed by atoms with Gasteiger partial charge in [-0.2, -0.15) is 0 Å². The minimum absolute atomic E-state index is 0.231. The number of anilines is 1. The summed E-state index contributed by atoms with van der Waals surface area (Å²) in [6.45, 7) is 6.69. The molecule has 2 aromatic carbocycles. The molecule has 6 heteroatoms. The number of carbonyl (C=O) groups excluding carboxylic acids is 3. The highest BCUT2D eigenvalue weighted by atomic mass is 16.6. The number of hydrogen-bond acceptors (Lipinski definition) is 4. The van der Waals surface area contributed by atoms with E-state index >= 15 is 0 Å². The van der Waals surface area contributed by atoms with Gasteiger partial charge < -0.3 is 15.0 Å². The summed E-state index contributed by atoms with van der Waals surface area (Å²) in [4.78, 5) is 36.9. The molecule has 0 saturated carbocycles. The highest BCUT2D eigenvalue weighted by Gasteiger charge is 2.23. The minimum atomic E-state index is -0.502. The number of aldehydes is 1.